The molecule has 26 heavy (non-hydrogen) atoms. The van der Waals surface area contributed by atoms with E-state index in [1.54, 1.807) is 4.57 Å². The lowest BCUT2D eigenvalue weighted by atomic mass is 10.1. The van der Waals surface area contributed by atoms with Crippen molar-refractivity contribution < 1.29 is 5.11 Å². The van der Waals surface area contributed by atoms with E-state index in [1.807, 2.05) is 19.9 Å². The fourth-order valence-electron chi connectivity index (χ4n) is 3.58. The number of aryl methyl sites for hydroxylation is 2. The highest BCUT2D eigenvalue weighted by atomic mass is 16.3. The third-order valence-electron chi connectivity index (χ3n) is 5.23. The number of rotatable bonds is 5. The molecule has 140 valence electrons. The topological polar surface area (TPSA) is 61.6 Å². The predicted octanol–water partition coefficient (Wildman–Crippen LogP) is 2.48. The van der Waals surface area contributed by atoms with Crippen molar-refractivity contribution in [2.75, 3.05) is 24.7 Å². The molecule has 0 unspecified atom stereocenters. The predicted molar refractivity (Wildman–Crippen MR) is 104 cm³/mol. The first-order valence-corrected chi connectivity index (χ1v) is 9.25. The average molecular weight is 356 g/mol. The van der Waals surface area contributed by atoms with E-state index in [9.17, 15) is 9.90 Å². The molecule has 0 saturated carbocycles. The number of anilines is 2. The van der Waals surface area contributed by atoms with Crippen LogP contribution < -0.4 is 10.5 Å². The molecular formula is C20H28N4O2. The standard InChI is InChI=1S/C20H28N4O2/c1-5-17-16(4)21-20-23(18-9-6-8-14(2)15(18)3)12-22(10-7-11-25)13-24(20)19(17)26/h6,8-9,25H,5,7,10-13H2,1-4H3. The zero-order valence-corrected chi connectivity index (χ0v) is 16.1. The van der Waals surface area contributed by atoms with Gasteiger partial charge >= 0.3 is 0 Å². The van der Waals surface area contributed by atoms with Gasteiger partial charge < -0.3 is 5.11 Å². The summed E-state index contributed by atoms with van der Waals surface area (Å²) in [6, 6.07) is 6.22. The van der Waals surface area contributed by atoms with E-state index in [0.717, 1.165) is 23.5 Å². The van der Waals surface area contributed by atoms with Crippen LogP contribution in [-0.2, 0) is 13.1 Å². The van der Waals surface area contributed by atoms with Crippen LogP contribution in [0.5, 0.6) is 0 Å². The molecule has 6 heteroatoms. The first-order valence-electron chi connectivity index (χ1n) is 9.25. The van der Waals surface area contributed by atoms with Crippen LogP contribution in [0.25, 0.3) is 0 Å². The van der Waals surface area contributed by atoms with Crippen LogP contribution in [0.1, 0.15) is 35.7 Å². The first-order chi connectivity index (χ1) is 12.5. The van der Waals surface area contributed by atoms with Crippen LogP contribution in [0, 0.1) is 20.8 Å². The van der Waals surface area contributed by atoms with Crippen molar-refractivity contribution in [3.8, 4) is 0 Å². The molecule has 0 amide bonds. The number of hydrogen-bond acceptors (Lipinski definition) is 5. The number of fused-ring (bicyclic) bond motifs is 1. The van der Waals surface area contributed by atoms with Gasteiger partial charge in [0.05, 0.1) is 13.3 Å². The summed E-state index contributed by atoms with van der Waals surface area (Å²) < 4.78 is 1.77. The molecule has 6 nitrogen and oxygen atoms in total. The van der Waals surface area contributed by atoms with Crippen molar-refractivity contribution >= 4 is 11.6 Å². The Labute approximate surface area is 154 Å². The quantitative estimate of drug-likeness (QED) is 0.892. The maximum absolute atomic E-state index is 13.0. The van der Waals surface area contributed by atoms with Gasteiger partial charge in [-0.2, -0.15) is 0 Å². The lowest BCUT2D eigenvalue weighted by molar-refractivity contribution is 0.175. The van der Waals surface area contributed by atoms with Crippen LogP contribution in [0.2, 0.25) is 0 Å². The lowest BCUT2D eigenvalue weighted by Crippen LogP contribution is -2.48. The lowest BCUT2D eigenvalue weighted by Gasteiger charge is -2.39. The van der Waals surface area contributed by atoms with E-state index >= 15 is 0 Å². The Morgan fingerprint density at radius 1 is 1.19 bits per heavy atom. The van der Waals surface area contributed by atoms with Crippen LogP contribution in [-0.4, -0.2) is 39.4 Å². The summed E-state index contributed by atoms with van der Waals surface area (Å²) in [6.07, 6.45) is 1.36. The van der Waals surface area contributed by atoms with E-state index in [-0.39, 0.29) is 12.2 Å². The van der Waals surface area contributed by atoms with Crippen molar-refractivity contribution in [1.82, 2.24) is 14.5 Å². The van der Waals surface area contributed by atoms with Gasteiger partial charge in [-0.3, -0.25) is 19.2 Å². The SMILES string of the molecule is CCc1c(C)nc2n(c1=O)CN(CCCO)CN2c1cccc(C)c1C. The Morgan fingerprint density at radius 2 is 1.96 bits per heavy atom. The fraction of sp³-hybridized carbons (Fsp3) is 0.500. The maximum atomic E-state index is 13.0. The largest absolute Gasteiger partial charge is 0.396 e. The third kappa shape index (κ3) is 3.27. The van der Waals surface area contributed by atoms with Crippen LogP contribution >= 0.6 is 0 Å². The molecule has 0 bridgehead atoms. The number of aliphatic hydroxyl groups is 1. The normalized spacial score (nSPS) is 14.6. The second-order valence-electron chi connectivity index (χ2n) is 6.96. The second kappa shape index (κ2) is 7.60. The van der Waals surface area contributed by atoms with E-state index in [1.165, 1.54) is 11.1 Å². The third-order valence-corrected chi connectivity index (χ3v) is 5.23. The highest BCUT2D eigenvalue weighted by molar-refractivity contribution is 5.64. The van der Waals surface area contributed by atoms with Crippen molar-refractivity contribution in [2.45, 2.75) is 47.2 Å². The van der Waals surface area contributed by atoms with Gasteiger partial charge in [0, 0.05) is 30.1 Å². The highest BCUT2D eigenvalue weighted by Gasteiger charge is 2.28. The number of aliphatic hydroxyl groups excluding tert-OH is 1. The zero-order valence-electron chi connectivity index (χ0n) is 16.1. The molecule has 1 aromatic carbocycles. The minimum absolute atomic E-state index is 0.0407. The summed E-state index contributed by atoms with van der Waals surface area (Å²) in [4.78, 5) is 22.1. The smallest absolute Gasteiger partial charge is 0.259 e. The van der Waals surface area contributed by atoms with E-state index < -0.39 is 0 Å². The summed E-state index contributed by atoms with van der Waals surface area (Å²) in [6.45, 7) is 10.2. The van der Waals surface area contributed by atoms with Gasteiger partial charge in [-0.25, -0.2) is 4.98 Å². The molecule has 0 atom stereocenters. The molecule has 0 radical (unpaired) electrons. The second-order valence-corrected chi connectivity index (χ2v) is 6.96. The van der Waals surface area contributed by atoms with Crippen molar-refractivity contribution in [2.24, 2.45) is 0 Å². The Kier molecular flexibility index (Phi) is 5.44. The molecule has 2 heterocycles. The maximum Gasteiger partial charge on any atom is 0.259 e. The molecule has 0 fully saturated rings. The van der Waals surface area contributed by atoms with Gasteiger partial charge in [0.15, 0.2) is 0 Å². The monoisotopic (exact) mass is 356 g/mol. The number of benzene rings is 1. The van der Waals surface area contributed by atoms with Gasteiger partial charge in [-0.15, -0.1) is 0 Å². The Balaban J connectivity index is 2.16. The zero-order chi connectivity index (χ0) is 18.8. The number of nitrogens with zero attached hydrogens (tertiary/aromatic N) is 4. The molecule has 0 aliphatic carbocycles. The molecule has 1 aliphatic heterocycles. The first kappa shape index (κ1) is 18.6. The van der Waals surface area contributed by atoms with E-state index in [2.05, 4.69) is 35.8 Å². The van der Waals surface area contributed by atoms with Gasteiger partial charge in [0.2, 0.25) is 5.95 Å². The summed E-state index contributed by atoms with van der Waals surface area (Å²) in [5.74, 6) is 0.707. The van der Waals surface area contributed by atoms with Gasteiger partial charge in [0.1, 0.15) is 0 Å². The highest BCUT2D eigenvalue weighted by Crippen LogP contribution is 2.31. The molecular weight excluding hydrogens is 328 g/mol. The molecule has 1 aliphatic rings. The van der Waals surface area contributed by atoms with Crippen molar-refractivity contribution in [1.29, 1.82) is 0 Å². The van der Waals surface area contributed by atoms with Crippen LogP contribution in [0.3, 0.4) is 0 Å². The van der Waals surface area contributed by atoms with Crippen LogP contribution in [0.15, 0.2) is 23.0 Å². The number of hydrogen-bond donors (Lipinski definition) is 1. The Morgan fingerprint density at radius 3 is 2.65 bits per heavy atom. The summed E-state index contributed by atoms with van der Waals surface area (Å²) >= 11 is 0. The van der Waals surface area contributed by atoms with Gasteiger partial charge in [0.25, 0.3) is 5.56 Å². The molecule has 0 spiro atoms. The van der Waals surface area contributed by atoms with Gasteiger partial charge in [-0.1, -0.05) is 19.1 Å². The average Bonchev–Trinajstić information content (AvgIpc) is 2.62. The molecule has 2 aromatic rings. The minimum atomic E-state index is 0.0407. The molecule has 1 N–H and O–H groups in total. The van der Waals surface area contributed by atoms with E-state index in [0.29, 0.717) is 32.1 Å². The molecule has 3 rings (SSSR count). The Bertz CT molecular complexity index is 860. The van der Waals surface area contributed by atoms with Crippen molar-refractivity contribution in [3.63, 3.8) is 0 Å². The molecule has 1 aromatic heterocycles. The summed E-state index contributed by atoms with van der Waals surface area (Å²) in [7, 11) is 0. The summed E-state index contributed by atoms with van der Waals surface area (Å²) in [5, 5.41) is 9.21. The van der Waals surface area contributed by atoms with Crippen LogP contribution in [0.4, 0.5) is 11.6 Å². The fourth-order valence-corrected chi connectivity index (χ4v) is 3.58. The summed E-state index contributed by atoms with van der Waals surface area (Å²) in [5.41, 5.74) is 5.10. The van der Waals surface area contributed by atoms with E-state index in [4.69, 9.17) is 4.98 Å². The molecule has 0 saturated heterocycles. The minimum Gasteiger partial charge on any atom is -0.396 e. The van der Waals surface area contributed by atoms with Gasteiger partial charge in [-0.05, 0) is 50.8 Å². The van der Waals surface area contributed by atoms with Crippen molar-refractivity contribution in [3.05, 3.63) is 50.9 Å². The number of aromatic nitrogens is 2. The Hall–Kier alpha value is -2.18.